The zero-order valence-electron chi connectivity index (χ0n) is 11.5. The SMILES string of the molecule is C=C(C/C(=C/C)CCC=C(C)C)C(=O)OCC. The third-order valence-corrected chi connectivity index (χ3v) is 2.43. The van der Waals surface area contributed by atoms with E-state index in [-0.39, 0.29) is 5.97 Å². The summed E-state index contributed by atoms with van der Waals surface area (Å²) in [4.78, 5) is 11.4. The van der Waals surface area contributed by atoms with Crippen molar-refractivity contribution in [1.29, 1.82) is 0 Å². The molecule has 0 amide bonds. The van der Waals surface area contributed by atoms with Crippen LogP contribution in [0.4, 0.5) is 0 Å². The molecule has 0 unspecified atom stereocenters. The summed E-state index contributed by atoms with van der Waals surface area (Å²) in [6.07, 6.45) is 6.87. The molecule has 2 nitrogen and oxygen atoms in total. The van der Waals surface area contributed by atoms with Crippen LogP contribution in [0.25, 0.3) is 0 Å². The van der Waals surface area contributed by atoms with Crippen LogP contribution in [0.15, 0.2) is 35.5 Å². The normalized spacial score (nSPS) is 10.9. The molecule has 0 aromatic carbocycles. The second-order valence-corrected chi connectivity index (χ2v) is 4.27. The van der Waals surface area contributed by atoms with Gasteiger partial charge in [-0.05, 0) is 47.0 Å². The fourth-order valence-electron chi connectivity index (χ4n) is 1.46. The molecule has 0 atom stereocenters. The first kappa shape index (κ1) is 15.7. The molecule has 0 N–H and O–H groups in total. The largest absolute Gasteiger partial charge is 0.463 e. The number of hydrogen-bond donors (Lipinski definition) is 0. The molecule has 0 saturated heterocycles. The Labute approximate surface area is 105 Å². The smallest absolute Gasteiger partial charge is 0.333 e. The van der Waals surface area contributed by atoms with Crippen LogP contribution in [0, 0.1) is 0 Å². The molecule has 0 fully saturated rings. The topological polar surface area (TPSA) is 26.3 Å². The highest BCUT2D eigenvalue weighted by molar-refractivity contribution is 5.88. The van der Waals surface area contributed by atoms with Gasteiger partial charge in [-0.1, -0.05) is 29.9 Å². The van der Waals surface area contributed by atoms with E-state index in [1.807, 2.05) is 6.92 Å². The van der Waals surface area contributed by atoms with E-state index in [0.29, 0.717) is 18.6 Å². The number of allylic oxidation sites excluding steroid dienone is 4. The van der Waals surface area contributed by atoms with Crippen molar-refractivity contribution in [2.75, 3.05) is 6.61 Å². The zero-order chi connectivity index (χ0) is 13.3. The van der Waals surface area contributed by atoms with Crippen molar-refractivity contribution in [3.05, 3.63) is 35.5 Å². The molecule has 0 spiro atoms. The van der Waals surface area contributed by atoms with E-state index in [0.717, 1.165) is 12.8 Å². The average Bonchev–Trinajstić information content (AvgIpc) is 2.27. The van der Waals surface area contributed by atoms with Gasteiger partial charge in [0.2, 0.25) is 0 Å². The maximum atomic E-state index is 11.4. The van der Waals surface area contributed by atoms with Crippen molar-refractivity contribution in [1.82, 2.24) is 0 Å². The summed E-state index contributed by atoms with van der Waals surface area (Å²) < 4.78 is 4.91. The van der Waals surface area contributed by atoms with Gasteiger partial charge in [0, 0.05) is 5.57 Å². The van der Waals surface area contributed by atoms with Crippen molar-refractivity contribution in [2.24, 2.45) is 0 Å². The van der Waals surface area contributed by atoms with Crippen LogP contribution in [0.5, 0.6) is 0 Å². The number of hydrogen-bond acceptors (Lipinski definition) is 2. The average molecular weight is 236 g/mol. The second kappa shape index (κ2) is 8.80. The van der Waals surface area contributed by atoms with Gasteiger partial charge in [0.1, 0.15) is 0 Å². The van der Waals surface area contributed by atoms with Gasteiger partial charge < -0.3 is 4.74 Å². The van der Waals surface area contributed by atoms with E-state index in [2.05, 4.69) is 32.6 Å². The minimum Gasteiger partial charge on any atom is -0.463 e. The minimum atomic E-state index is -0.283. The van der Waals surface area contributed by atoms with Crippen molar-refractivity contribution < 1.29 is 9.53 Å². The Morgan fingerprint density at radius 1 is 1.35 bits per heavy atom. The van der Waals surface area contributed by atoms with Gasteiger partial charge in [-0.3, -0.25) is 0 Å². The molecule has 2 heteroatoms. The van der Waals surface area contributed by atoms with Gasteiger partial charge in [0.05, 0.1) is 6.61 Å². The van der Waals surface area contributed by atoms with Gasteiger partial charge in [-0.25, -0.2) is 4.79 Å². The molecule has 17 heavy (non-hydrogen) atoms. The second-order valence-electron chi connectivity index (χ2n) is 4.27. The Kier molecular flexibility index (Phi) is 8.12. The highest BCUT2D eigenvalue weighted by Crippen LogP contribution is 2.17. The summed E-state index contributed by atoms with van der Waals surface area (Å²) in [5.41, 5.74) is 3.10. The van der Waals surface area contributed by atoms with Gasteiger partial charge in [-0.2, -0.15) is 0 Å². The quantitative estimate of drug-likeness (QED) is 0.376. The molecular weight excluding hydrogens is 212 g/mol. The van der Waals surface area contributed by atoms with E-state index in [1.54, 1.807) is 6.92 Å². The number of rotatable bonds is 7. The van der Waals surface area contributed by atoms with Gasteiger partial charge in [-0.15, -0.1) is 0 Å². The molecular formula is C15H24O2. The summed E-state index contributed by atoms with van der Waals surface area (Å²) in [6.45, 7) is 12.2. The highest BCUT2D eigenvalue weighted by atomic mass is 16.5. The van der Waals surface area contributed by atoms with Crippen molar-refractivity contribution in [3.63, 3.8) is 0 Å². The number of esters is 1. The summed E-state index contributed by atoms with van der Waals surface area (Å²) in [5.74, 6) is -0.283. The first-order valence-electron chi connectivity index (χ1n) is 6.13. The summed E-state index contributed by atoms with van der Waals surface area (Å²) in [6, 6.07) is 0. The minimum absolute atomic E-state index is 0.283. The number of carbonyl (C=O) groups excluding carboxylic acids is 1. The monoisotopic (exact) mass is 236 g/mol. The summed E-state index contributed by atoms with van der Waals surface area (Å²) in [5, 5.41) is 0. The molecule has 0 heterocycles. The predicted octanol–water partition coefficient (Wildman–Crippen LogP) is 4.19. The first-order chi connectivity index (χ1) is 8.01. The van der Waals surface area contributed by atoms with Gasteiger partial charge in [0.15, 0.2) is 0 Å². The van der Waals surface area contributed by atoms with Gasteiger partial charge >= 0.3 is 5.97 Å². The lowest BCUT2D eigenvalue weighted by atomic mass is 10.0. The summed E-state index contributed by atoms with van der Waals surface area (Å²) >= 11 is 0. The fraction of sp³-hybridized carbons (Fsp3) is 0.533. The van der Waals surface area contributed by atoms with Crippen molar-refractivity contribution >= 4 is 5.97 Å². The molecule has 96 valence electrons. The lowest BCUT2D eigenvalue weighted by Gasteiger charge is -2.08. The van der Waals surface area contributed by atoms with E-state index >= 15 is 0 Å². The van der Waals surface area contributed by atoms with Crippen LogP contribution in [0.3, 0.4) is 0 Å². The van der Waals surface area contributed by atoms with E-state index in [4.69, 9.17) is 4.74 Å². The Bertz CT molecular complexity index is 318. The standard InChI is InChI=1S/C15H24O2/c1-6-14(10-8-9-12(3)4)11-13(5)15(16)17-7-2/h6,9H,5,7-8,10-11H2,1-4H3/b14-6+. The maximum Gasteiger partial charge on any atom is 0.333 e. The van der Waals surface area contributed by atoms with Crippen LogP contribution in [-0.2, 0) is 9.53 Å². The van der Waals surface area contributed by atoms with Crippen LogP contribution in [-0.4, -0.2) is 12.6 Å². The number of carbonyl (C=O) groups is 1. The molecule has 0 saturated carbocycles. The van der Waals surface area contributed by atoms with Crippen LogP contribution >= 0.6 is 0 Å². The lowest BCUT2D eigenvalue weighted by Crippen LogP contribution is -2.07. The molecule has 0 aliphatic rings. The molecule has 0 aromatic heterocycles. The Balaban J connectivity index is 4.19. The molecule has 0 bridgehead atoms. The van der Waals surface area contributed by atoms with Gasteiger partial charge in [0.25, 0.3) is 0 Å². The summed E-state index contributed by atoms with van der Waals surface area (Å²) in [7, 11) is 0. The van der Waals surface area contributed by atoms with E-state index in [1.165, 1.54) is 11.1 Å². The fourth-order valence-corrected chi connectivity index (χ4v) is 1.46. The highest BCUT2D eigenvalue weighted by Gasteiger charge is 2.09. The molecule has 0 aromatic rings. The zero-order valence-corrected chi connectivity index (χ0v) is 11.5. The van der Waals surface area contributed by atoms with E-state index in [9.17, 15) is 4.79 Å². The van der Waals surface area contributed by atoms with Crippen molar-refractivity contribution in [2.45, 2.75) is 47.0 Å². The van der Waals surface area contributed by atoms with Crippen LogP contribution < -0.4 is 0 Å². The molecule has 0 aliphatic heterocycles. The van der Waals surface area contributed by atoms with E-state index < -0.39 is 0 Å². The van der Waals surface area contributed by atoms with Crippen LogP contribution in [0.2, 0.25) is 0 Å². The molecule has 0 aliphatic carbocycles. The predicted molar refractivity (Wildman–Crippen MR) is 72.8 cm³/mol. The third kappa shape index (κ3) is 7.56. The Morgan fingerprint density at radius 2 is 2.00 bits per heavy atom. The molecule has 0 rings (SSSR count). The maximum absolute atomic E-state index is 11.4. The van der Waals surface area contributed by atoms with Crippen molar-refractivity contribution in [3.8, 4) is 0 Å². The lowest BCUT2D eigenvalue weighted by molar-refractivity contribution is -0.138. The molecule has 0 radical (unpaired) electrons. The number of ether oxygens (including phenoxy) is 1. The third-order valence-electron chi connectivity index (χ3n) is 2.43. The Hall–Kier alpha value is -1.31. The first-order valence-corrected chi connectivity index (χ1v) is 6.13. The van der Waals surface area contributed by atoms with Crippen LogP contribution in [0.1, 0.15) is 47.0 Å². The Morgan fingerprint density at radius 3 is 2.47 bits per heavy atom.